The third kappa shape index (κ3) is 3.88. The van der Waals surface area contributed by atoms with Gasteiger partial charge >= 0.3 is 0 Å². The second-order valence-corrected chi connectivity index (χ2v) is 5.93. The first-order valence-corrected chi connectivity index (χ1v) is 7.48. The SMILES string of the molecule is COc1cc(N)ccc1NC(=O)CN1CCCC1C(C)C. The lowest BCUT2D eigenvalue weighted by molar-refractivity contribution is -0.117. The summed E-state index contributed by atoms with van der Waals surface area (Å²) in [5.41, 5.74) is 7.00. The minimum absolute atomic E-state index is 0.00868. The molecular formula is C16H25N3O2. The summed E-state index contributed by atoms with van der Waals surface area (Å²) in [6, 6.07) is 5.74. The first-order chi connectivity index (χ1) is 10.0. The number of hydrogen-bond donors (Lipinski definition) is 2. The van der Waals surface area contributed by atoms with Gasteiger partial charge in [-0.1, -0.05) is 13.8 Å². The van der Waals surface area contributed by atoms with Gasteiger partial charge in [-0.15, -0.1) is 0 Å². The van der Waals surface area contributed by atoms with E-state index in [1.54, 1.807) is 25.3 Å². The van der Waals surface area contributed by atoms with Crippen LogP contribution in [-0.4, -0.2) is 37.0 Å². The number of benzene rings is 1. The quantitative estimate of drug-likeness (QED) is 0.817. The highest BCUT2D eigenvalue weighted by molar-refractivity contribution is 5.94. The van der Waals surface area contributed by atoms with E-state index in [0.717, 1.165) is 6.54 Å². The first-order valence-electron chi connectivity index (χ1n) is 7.48. The van der Waals surface area contributed by atoms with Crippen molar-refractivity contribution in [2.45, 2.75) is 32.7 Å². The molecule has 1 saturated heterocycles. The molecule has 1 atom stereocenters. The van der Waals surface area contributed by atoms with Crippen molar-refractivity contribution in [3.8, 4) is 5.75 Å². The summed E-state index contributed by atoms with van der Waals surface area (Å²) in [5, 5.41) is 2.91. The summed E-state index contributed by atoms with van der Waals surface area (Å²) in [6.07, 6.45) is 2.34. The van der Waals surface area contributed by atoms with E-state index < -0.39 is 0 Å². The number of amides is 1. The van der Waals surface area contributed by atoms with Crippen LogP contribution in [0.15, 0.2) is 18.2 Å². The van der Waals surface area contributed by atoms with Crippen molar-refractivity contribution in [3.63, 3.8) is 0 Å². The van der Waals surface area contributed by atoms with E-state index >= 15 is 0 Å². The molecule has 5 nitrogen and oxygen atoms in total. The zero-order chi connectivity index (χ0) is 15.4. The molecule has 0 aliphatic carbocycles. The van der Waals surface area contributed by atoms with Crippen LogP contribution in [-0.2, 0) is 4.79 Å². The zero-order valence-electron chi connectivity index (χ0n) is 13.1. The number of carbonyl (C=O) groups excluding carboxylic acids is 1. The number of rotatable bonds is 5. The lowest BCUT2D eigenvalue weighted by atomic mass is 10.0. The molecule has 3 N–H and O–H groups in total. The Hall–Kier alpha value is -1.75. The Labute approximate surface area is 126 Å². The second-order valence-electron chi connectivity index (χ2n) is 5.93. The van der Waals surface area contributed by atoms with Crippen molar-refractivity contribution in [1.29, 1.82) is 0 Å². The number of nitrogens with one attached hydrogen (secondary N) is 1. The van der Waals surface area contributed by atoms with Crippen LogP contribution in [0, 0.1) is 5.92 Å². The van der Waals surface area contributed by atoms with Gasteiger partial charge in [0, 0.05) is 17.8 Å². The average Bonchev–Trinajstić information content (AvgIpc) is 2.89. The molecule has 2 rings (SSSR count). The van der Waals surface area contributed by atoms with Gasteiger partial charge in [-0.05, 0) is 37.4 Å². The van der Waals surface area contributed by atoms with Crippen molar-refractivity contribution >= 4 is 17.3 Å². The molecule has 0 saturated carbocycles. The second kappa shape index (κ2) is 6.80. The predicted octanol–water partition coefficient (Wildman–Crippen LogP) is 2.34. The molecule has 1 aliphatic heterocycles. The van der Waals surface area contributed by atoms with Crippen molar-refractivity contribution in [2.24, 2.45) is 5.92 Å². The van der Waals surface area contributed by atoms with Gasteiger partial charge in [-0.2, -0.15) is 0 Å². The zero-order valence-corrected chi connectivity index (χ0v) is 13.1. The Bertz CT molecular complexity index is 502. The molecule has 1 unspecified atom stereocenters. The molecule has 1 heterocycles. The molecule has 116 valence electrons. The highest BCUT2D eigenvalue weighted by atomic mass is 16.5. The first kappa shape index (κ1) is 15.6. The van der Waals surface area contributed by atoms with Gasteiger partial charge in [0.1, 0.15) is 5.75 Å². The lowest BCUT2D eigenvalue weighted by Crippen LogP contribution is -2.39. The number of anilines is 2. The molecule has 21 heavy (non-hydrogen) atoms. The number of carbonyl (C=O) groups is 1. The number of hydrogen-bond acceptors (Lipinski definition) is 4. The third-order valence-electron chi connectivity index (χ3n) is 4.03. The van der Waals surface area contributed by atoms with Gasteiger partial charge in [0.2, 0.25) is 5.91 Å². The minimum atomic E-state index is -0.00868. The van der Waals surface area contributed by atoms with Crippen molar-refractivity contribution in [1.82, 2.24) is 4.90 Å². The number of nitrogens with zero attached hydrogens (tertiary/aromatic N) is 1. The number of methoxy groups -OCH3 is 1. The molecule has 5 heteroatoms. The monoisotopic (exact) mass is 291 g/mol. The van der Waals surface area contributed by atoms with E-state index in [1.807, 2.05) is 0 Å². The van der Waals surface area contributed by atoms with Gasteiger partial charge < -0.3 is 15.8 Å². The van der Waals surface area contributed by atoms with E-state index in [1.165, 1.54) is 12.8 Å². The molecule has 1 aromatic carbocycles. The molecule has 1 aromatic rings. The maximum atomic E-state index is 12.3. The van der Waals surface area contributed by atoms with Crippen LogP contribution in [0.1, 0.15) is 26.7 Å². The van der Waals surface area contributed by atoms with Gasteiger partial charge in [0.25, 0.3) is 0 Å². The number of ether oxygens (including phenoxy) is 1. The van der Waals surface area contributed by atoms with E-state index in [9.17, 15) is 4.79 Å². The number of nitrogen functional groups attached to an aromatic ring is 1. The summed E-state index contributed by atoms with van der Waals surface area (Å²) >= 11 is 0. The molecule has 1 fully saturated rings. The van der Waals surface area contributed by atoms with E-state index in [-0.39, 0.29) is 5.91 Å². The van der Waals surface area contributed by atoms with Gasteiger partial charge in [0.05, 0.1) is 19.3 Å². The molecular weight excluding hydrogens is 266 g/mol. The Balaban J connectivity index is 1.99. The van der Waals surface area contributed by atoms with Crippen LogP contribution in [0.3, 0.4) is 0 Å². The standard InChI is InChI=1S/C16H25N3O2/c1-11(2)14-5-4-8-19(14)10-16(20)18-13-7-6-12(17)9-15(13)21-3/h6-7,9,11,14H,4-5,8,10,17H2,1-3H3,(H,18,20). The van der Waals surface area contributed by atoms with E-state index in [2.05, 4.69) is 24.1 Å². The highest BCUT2D eigenvalue weighted by Gasteiger charge is 2.28. The Morgan fingerprint density at radius 1 is 1.52 bits per heavy atom. The predicted molar refractivity (Wildman–Crippen MR) is 85.5 cm³/mol. The van der Waals surface area contributed by atoms with Crippen molar-refractivity contribution < 1.29 is 9.53 Å². The van der Waals surface area contributed by atoms with Gasteiger partial charge in [0.15, 0.2) is 0 Å². The van der Waals surface area contributed by atoms with Crippen LogP contribution in [0.5, 0.6) is 5.75 Å². The number of likely N-dealkylation sites (tertiary alicyclic amines) is 1. The van der Waals surface area contributed by atoms with Crippen LogP contribution >= 0.6 is 0 Å². The number of nitrogens with two attached hydrogens (primary N) is 1. The van der Waals surface area contributed by atoms with E-state index in [0.29, 0.717) is 35.6 Å². The minimum Gasteiger partial charge on any atom is -0.494 e. The maximum absolute atomic E-state index is 12.3. The van der Waals surface area contributed by atoms with E-state index in [4.69, 9.17) is 10.5 Å². The molecule has 0 bridgehead atoms. The molecule has 0 radical (unpaired) electrons. The van der Waals surface area contributed by atoms with Crippen LogP contribution in [0.2, 0.25) is 0 Å². The third-order valence-corrected chi connectivity index (χ3v) is 4.03. The fourth-order valence-electron chi connectivity index (χ4n) is 2.99. The fraction of sp³-hybridized carbons (Fsp3) is 0.562. The summed E-state index contributed by atoms with van der Waals surface area (Å²) in [4.78, 5) is 14.5. The summed E-state index contributed by atoms with van der Waals surface area (Å²) in [5.74, 6) is 1.15. The van der Waals surface area contributed by atoms with Crippen molar-refractivity contribution in [2.75, 3.05) is 31.2 Å². The normalized spacial score (nSPS) is 19.0. The van der Waals surface area contributed by atoms with Crippen molar-refractivity contribution in [3.05, 3.63) is 18.2 Å². The summed E-state index contributed by atoms with van der Waals surface area (Å²) < 4.78 is 5.25. The average molecular weight is 291 g/mol. The Kier molecular flexibility index (Phi) is 5.07. The topological polar surface area (TPSA) is 67.6 Å². The Morgan fingerprint density at radius 2 is 2.29 bits per heavy atom. The van der Waals surface area contributed by atoms with Gasteiger partial charge in [-0.25, -0.2) is 0 Å². The fourth-order valence-corrected chi connectivity index (χ4v) is 2.99. The summed E-state index contributed by atoms with van der Waals surface area (Å²) in [6.45, 7) is 5.85. The maximum Gasteiger partial charge on any atom is 0.238 e. The van der Waals surface area contributed by atoms with Crippen LogP contribution in [0.4, 0.5) is 11.4 Å². The van der Waals surface area contributed by atoms with Crippen LogP contribution < -0.4 is 15.8 Å². The lowest BCUT2D eigenvalue weighted by Gasteiger charge is -2.26. The largest absolute Gasteiger partial charge is 0.494 e. The smallest absolute Gasteiger partial charge is 0.238 e. The molecule has 1 aliphatic rings. The molecule has 0 aromatic heterocycles. The van der Waals surface area contributed by atoms with Gasteiger partial charge in [-0.3, -0.25) is 9.69 Å². The summed E-state index contributed by atoms with van der Waals surface area (Å²) in [7, 11) is 1.57. The molecule has 1 amide bonds. The Morgan fingerprint density at radius 3 is 2.95 bits per heavy atom. The molecule has 0 spiro atoms. The highest BCUT2D eigenvalue weighted by Crippen LogP contribution is 2.27. The van der Waals surface area contributed by atoms with Crippen LogP contribution in [0.25, 0.3) is 0 Å².